The second-order valence-corrected chi connectivity index (χ2v) is 10.9. The zero-order valence-corrected chi connectivity index (χ0v) is 20.6. The van der Waals surface area contributed by atoms with Crippen LogP contribution in [0.25, 0.3) is 5.70 Å². The highest BCUT2D eigenvalue weighted by atomic mass is 35.5. The summed E-state index contributed by atoms with van der Waals surface area (Å²) in [5, 5.41) is 3.90. The van der Waals surface area contributed by atoms with E-state index in [-0.39, 0.29) is 16.2 Å². The SMILES string of the molecule is COc1ccc2c(c1)C(=CC(=O)c1ccc(NS(=O)(=O)c3ccc(Cl)cc3)cc1)NC(C)(C)C2. The first-order valence-corrected chi connectivity index (χ1v) is 12.5. The average molecular weight is 497 g/mol. The molecule has 3 aromatic carbocycles. The van der Waals surface area contributed by atoms with Crippen molar-refractivity contribution in [2.24, 2.45) is 0 Å². The van der Waals surface area contributed by atoms with Crippen LogP contribution >= 0.6 is 11.6 Å². The van der Waals surface area contributed by atoms with Crippen molar-refractivity contribution in [1.29, 1.82) is 0 Å². The fourth-order valence-electron chi connectivity index (χ4n) is 3.90. The van der Waals surface area contributed by atoms with Gasteiger partial charge in [-0.05, 0) is 86.5 Å². The van der Waals surface area contributed by atoms with Crippen molar-refractivity contribution < 1.29 is 17.9 Å². The van der Waals surface area contributed by atoms with Crippen LogP contribution in [0, 0.1) is 0 Å². The minimum Gasteiger partial charge on any atom is -0.497 e. The van der Waals surface area contributed by atoms with Gasteiger partial charge in [0.1, 0.15) is 5.75 Å². The number of ether oxygens (including phenoxy) is 1. The Morgan fingerprint density at radius 1 is 1.06 bits per heavy atom. The molecular formula is C26H25ClN2O4S. The van der Waals surface area contributed by atoms with E-state index in [2.05, 4.69) is 23.9 Å². The Kier molecular flexibility index (Phi) is 6.43. The molecule has 2 N–H and O–H groups in total. The lowest BCUT2D eigenvalue weighted by molar-refractivity contribution is 0.104. The molecule has 0 unspecified atom stereocenters. The number of rotatable bonds is 6. The third kappa shape index (κ3) is 5.26. The highest BCUT2D eigenvalue weighted by Crippen LogP contribution is 2.32. The molecule has 34 heavy (non-hydrogen) atoms. The van der Waals surface area contributed by atoms with Crippen LogP contribution in [0.1, 0.15) is 35.3 Å². The molecule has 0 aromatic heterocycles. The first-order valence-electron chi connectivity index (χ1n) is 10.7. The van der Waals surface area contributed by atoms with Gasteiger partial charge in [-0.25, -0.2) is 8.42 Å². The van der Waals surface area contributed by atoms with Gasteiger partial charge in [0.2, 0.25) is 0 Å². The monoisotopic (exact) mass is 496 g/mol. The molecule has 0 saturated carbocycles. The third-order valence-corrected chi connectivity index (χ3v) is 7.18. The van der Waals surface area contributed by atoms with Gasteiger partial charge >= 0.3 is 0 Å². The fourth-order valence-corrected chi connectivity index (χ4v) is 5.08. The topological polar surface area (TPSA) is 84.5 Å². The normalized spacial score (nSPS) is 15.8. The number of nitrogens with one attached hydrogen (secondary N) is 2. The molecule has 0 radical (unpaired) electrons. The molecule has 176 valence electrons. The highest BCUT2D eigenvalue weighted by molar-refractivity contribution is 7.92. The van der Waals surface area contributed by atoms with Crippen LogP contribution in [0.2, 0.25) is 5.02 Å². The summed E-state index contributed by atoms with van der Waals surface area (Å²) in [5.41, 5.74) is 3.37. The molecule has 0 spiro atoms. The van der Waals surface area contributed by atoms with Gasteiger partial charge in [-0.1, -0.05) is 17.7 Å². The van der Waals surface area contributed by atoms with Crippen LogP contribution in [0.15, 0.2) is 77.7 Å². The maximum atomic E-state index is 13.0. The molecule has 1 aliphatic heterocycles. The summed E-state index contributed by atoms with van der Waals surface area (Å²) in [6.45, 7) is 4.17. The van der Waals surface area contributed by atoms with Crippen LogP contribution in [0.4, 0.5) is 5.69 Å². The summed E-state index contributed by atoms with van der Waals surface area (Å²) in [7, 11) is -2.16. The van der Waals surface area contributed by atoms with E-state index < -0.39 is 10.0 Å². The number of hydrogen-bond acceptors (Lipinski definition) is 5. The van der Waals surface area contributed by atoms with Gasteiger partial charge in [-0.3, -0.25) is 9.52 Å². The van der Waals surface area contributed by atoms with Crippen LogP contribution in [0.3, 0.4) is 0 Å². The van der Waals surface area contributed by atoms with Gasteiger partial charge in [-0.15, -0.1) is 0 Å². The van der Waals surface area contributed by atoms with Crippen molar-refractivity contribution in [2.75, 3.05) is 11.8 Å². The van der Waals surface area contributed by atoms with Gasteiger partial charge in [0.05, 0.1) is 12.0 Å². The van der Waals surface area contributed by atoms with E-state index in [0.717, 1.165) is 29.0 Å². The van der Waals surface area contributed by atoms with Gasteiger partial charge in [-0.2, -0.15) is 0 Å². The van der Waals surface area contributed by atoms with Crippen LogP contribution in [-0.4, -0.2) is 26.8 Å². The number of ketones is 1. The summed E-state index contributed by atoms with van der Waals surface area (Å²) in [6.07, 6.45) is 2.40. The number of fused-ring (bicyclic) bond motifs is 1. The van der Waals surface area contributed by atoms with Crippen LogP contribution in [-0.2, 0) is 16.4 Å². The Balaban J connectivity index is 1.57. The molecule has 4 rings (SSSR count). The molecule has 0 aliphatic carbocycles. The van der Waals surface area contributed by atoms with Gasteiger partial charge in [0.25, 0.3) is 10.0 Å². The average Bonchev–Trinajstić information content (AvgIpc) is 2.78. The van der Waals surface area contributed by atoms with E-state index in [1.54, 1.807) is 37.5 Å². The zero-order valence-electron chi connectivity index (χ0n) is 19.1. The highest BCUT2D eigenvalue weighted by Gasteiger charge is 2.28. The molecule has 0 fully saturated rings. The largest absolute Gasteiger partial charge is 0.497 e. The fraction of sp³-hybridized carbons (Fsp3) is 0.192. The lowest BCUT2D eigenvalue weighted by Gasteiger charge is -2.35. The van der Waals surface area contributed by atoms with Crippen molar-refractivity contribution in [2.45, 2.75) is 30.7 Å². The first-order chi connectivity index (χ1) is 16.1. The van der Waals surface area contributed by atoms with E-state index in [0.29, 0.717) is 16.3 Å². The molecular weight excluding hydrogens is 472 g/mol. The van der Waals surface area contributed by atoms with E-state index >= 15 is 0 Å². The standard InChI is InChI=1S/C26H25ClN2O4S/c1-26(2)16-18-6-11-21(33-3)14-23(18)24(28-26)15-25(30)17-4-9-20(10-5-17)29-34(31,32)22-12-7-19(27)8-13-22/h4-15,28-29H,16H2,1-3H3. The van der Waals surface area contributed by atoms with Crippen molar-refractivity contribution in [3.8, 4) is 5.75 Å². The molecule has 1 aliphatic rings. The van der Waals surface area contributed by atoms with Crippen molar-refractivity contribution in [3.05, 3.63) is 94.5 Å². The summed E-state index contributed by atoms with van der Waals surface area (Å²) >= 11 is 5.83. The summed E-state index contributed by atoms with van der Waals surface area (Å²) in [6, 6.07) is 18.1. The van der Waals surface area contributed by atoms with Crippen LogP contribution < -0.4 is 14.8 Å². The van der Waals surface area contributed by atoms with E-state index in [1.807, 2.05) is 18.2 Å². The summed E-state index contributed by atoms with van der Waals surface area (Å²) in [5.74, 6) is 0.525. The third-order valence-electron chi connectivity index (χ3n) is 5.53. The smallest absolute Gasteiger partial charge is 0.261 e. The Morgan fingerprint density at radius 3 is 2.38 bits per heavy atom. The Bertz CT molecular complexity index is 1360. The Labute approximate surface area is 204 Å². The van der Waals surface area contributed by atoms with Crippen molar-refractivity contribution >= 4 is 38.8 Å². The lowest BCUT2D eigenvalue weighted by Crippen LogP contribution is -2.43. The number of methoxy groups -OCH3 is 1. The van der Waals surface area contributed by atoms with Crippen LogP contribution in [0.5, 0.6) is 5.75 Å². The minimum absolute atomic E-state index is 0.0990. The Hall–Kier alpha value is -3.29. The maximum Gasteiger partial charge on any atom is 0.261 e. The number of hydrogen-bond donors (Lipinski definition) is 2. The van der Waals surface area contributed by atoms with Gasteiger partial charge < -0.3 is 10.1 Å². The van der Waals surface area contributed by atoms with E-state index in [1.165, 1.54) is 24.3 Å². The number of allylic oxidation sites excluding steroid dienone is 1. The minimum atomic E-state index is -3.77. The lowest BCUT2D eigenvalue weighted by atomic mass is 9.85. The number of benzene rings is 3. The first kappa shape index (κ1) is 23.9. The number of carbonyl (C=O) groups excluding carboxylic acids is 1. The molecule has 8 heteroatoms. The molecule has 0 saturated heterocycles. The number of halogens is 1. The summed E-state index contributed by atoms with van der Waals surface area (Å²) < 4.78 is 33.0. The molecule has 6 nitrogen and oxygen atoms in total. The molecule has 3 aromatic rings. The van der Waals surface area contributed by atoms with Gasteiger partial charge in [0, 0.05) is 39.1 Å². The predicted molar refractivity (Wildman–Crippen MR) is 135 cm³/mol. The second kappa shape index (κ2) is 9.16. The molecule has 1 heterocycles. The molecule has 0 amide bonds. The van der Waals surface area contributed by atoms with Crippen molar-refractivity contribution in [1.82, 2.24) is 5.32 Å². The van der Waals surface area contributed by atoms with E-state index in [4.69, 9.17) is 16.3 Å². The molecule has 0 bridgehead atoms. The van der Waals surface area contributed by atoms with Crippen molar-refractivity contribution in [3.63, 3.8) is 0 Å². The van der Waals surface area contributed by atoms with Gasteiger partial charge in [0.15, 0.2) is 5.78 Å². The zero-order chi connectivity index (χ0) is 24.5. The number of carbonyl (C=O) groups is 1. The Morgan fingerprint density at radius 2 is 1.74 bits per heavy atom. The van der Waals surface area contributed by atoms with E-state index in [9.17, 15) is 13.2 Å². The number of sulfonamides is 1. The predicted octanol–water partition coefficient (Wildman–Crippen LogP) is 5.30. The second-order valence-electron chi connectivity index (χ2n) is 8.77. The quantitative estimate of drug-likeness (QED) is 0.357. The number of anilines is 1. The molecule has 0 atom stereocenters. The summed E-state index contributed by atoms with van der Waals surface area (Å²) in [4.78, 5) is 13.1. The maximum absolute atomic E-state index is 13.0.